The van der Waals surface area contributed by atoms with Gasteiger partial charge in [-0.3, -0.25) is 4.98 Å². The summed E-state index contributed by atoms with van der Waals surface area (Å²) < 4.78 is 32.2. The van der Waals surface area contributed by atoms with Crippen molar-refractivity contribution in [3.63, 3.8) is 0 Å². The van der Waals surface area contributed by atoms with Crippen LogP contribution in [0.4, 0.5) is 0 Å². The Morgan fingerprint density at radius 3 is 2.63 bits per heavy atom. The Hall–Kier alpha value is -2.19. The molecule has 0 aliphatic heterocycles. The molecule has 0 N–H and O–H groups in total. The Bertz CT molecular complexity index is 935. The van der Waals surface area contributed by atoms with E-state index in [1.54, 1.807) is 6.07 Å². The number of nitrogens with zero attached hydrogens (tertiary/aromatic N) is 1. The summed E-state index contributed by atoms with van der Waals surface area (Å²) >= 11 is 1.51. The molecule has 3 aromatic rings. The second-order valence-electron chi connectivity index (χ2n) is 3.89. The lowest BCUT2D eigenvalue weighted by molar-refractivity contribution is 1.33. The molecule has 2 heteroatoms. The van der Waals surface area contributed by atoms with Crippen molar-refractivity contribution >= 4 is 21.4 Å². The first kappa shape index (κ1) is 8.08. The van der Waals surface area contributed by atoms with Crippen molar-refractivity contribution in [3.05, 3.63) is 78.2 Å². The highest BCUT2D eigenvalue weighted by Crippen LogP contribution is 2.20. The monoisotopic (exact) mass is 267 g/mol. The minimum Gasteiger partial charge on any atom is -0.256 e. The molecular weight excluding hydrogens is 250 g/mol. The van der Waals surface area contributed by atoms with Crippen molar-refractivity contribution in [1.29, 1.82) is 0 Å². The number of fused-ring (bicyclic) bond motifs is 1. The minimum atomic E-state index is -0.315. The van der Waals surface area contributed by atoms with E-state index in [1.165, 1.54) is 11.3 Å². The van der Waals surface area contributed by atoms with Gasteiger partial charge < -0.3 is 0 Å². The van der Waals surface area contributed by atoms with Crippen molar-refractivity contribution in [1.82, 2.24) is 4.98 Å². The van der Waals surface area contributed by atoms with E-state index in [0.717, 1.165) is 10.1 Å². The lowest BCUT2D eigenvalue weighted by Gasteiger charge is -1.96. The lowest BCUT2D eigenvalue weighted by atomic mass is 10.2. The maximum absolute atomic E-state index is 8.04. The largest absolute Gasteiger partial charge is 0.256 e. The molecule has 0 spiro atoms. The Morgan fingerprint density at radius 1 is 0.947 bits per heavy atom. The molecule has 0 fully saturated rings. The summed E-state index contributed by atoms with van der Waals surface area (Å²) in [4.78, 5) is 4.03. The van der Waals surface area contributed by atoms with Gasteiger partial charge in [0, 0.05) is 21.8 Å². The van der Waals surface area contributed by atoms with Crippen LogP contribution in [-0.2, 0) is 0 Å². The number of benzene rings is 1. The van der Waals surface area contributed by atoms with Gasteiger partial charge in [0.2, 0.25) is 0 Å². The van der Waals surface area contributed by atoms with E-state index in [-0.39, 0.29) is 30.0 Å². The first-order valence-corrected chi connectivity index (χ1v) is 6.71. The summed E-state index contributed by atoms with van der Waals surface area (Å²) in [5.41, 5.74) is 0.913. The molecule has 0 radical (unpaired) electrons. The Morgan fingerprint density at radius 2 is 1.74 bits per heavy atom. The molecule has 0 saturated carbocycles. The molecule has 0 bridgehead atoms. The highest BCUT2D eigenvalue weighted by atomic mass is 32.1. The summed E-state index contributed by atoms with van der Waals surface area (Å²) in [7, 11) is 0. The molecule has 2 aromatic heterocycles. The average Bonchev–Trinajstić information content (AvgIpc) is 2.66. The quantitative estimate of drug-likeness (QED) is 0.598. The van der Waals surface area contributed by atoms with Gasteiger partial charge in [-0.15, -0.1) is 11.3 Å². The SMILES string of the molecule is [2H]c1nc(-c2ccccc3ccccc3sc2)c([2H])c([2H])c1[2H]. The molecule has 19 heavy (non-hydrogen) atoms. The van der Waals surface area contributed by atoms with Crippen LogP contribution in [-0.4, -0.2) is 4.98 Å². The average molecular weight is 267 g/mol. The highest BCUT2D eigenvalue weighted by Gasteiger charge is 1.95. The molecule has 1 nitrogen and oxygen atoms in total. The van der Waals surface area contributed by atoms with Crippen LogP contribution in [0, 0.1) is 0 Å². The van der Waals surface area contributed by atoms with Gasteiger partial charge in [-0.2, -0.15) is 0 Å². The van der Waals surface area contributed by atoms with Crippen molar-refractivity contribution < 1.29 is 5.48 Å². The lowest BCUT2D eigenvalue weighted by Crippen LogP contribution is -1.77. The fraction of sp³-hybridized carbons (Fsp3) is 0. The molecule has 0 amide bonds. The van der Waals surface area contributed by atoms with Crippen molar-refractivity contribution in [2.45, 2.75) is 0 Å². The molecule has 3 rings (SSSR count). The zero-order valence-electron chi connectivity index (χ0n) is 14.1. The molecule has 0 saturated heterocycles. The fourth-order valence-electron chi connectivity index (χ4n) is 1.71. The third-order valence-corrected chi connectivity index (χ3v) is 3.63. The zero-order valence-corrected chi connectivity index (χ0v) is 10.9. The van der Waals surface area contributed by atoms with E-state index in [4.69, 9.17) is 5.48 Å². The predicted molar refractivity (Wildman–Crippen MR) is 82.7 cm³/mol. The smallest absolute Gasteiger partial charge is 0.0840 e. The maximum atomic E-state index is 8.04. The summed E-state index contributed by atoms with van der Waals surface area (Å²) in [6.45, 7) is 0. The van der Waals surface area contributed by atoms with Gasteiger partial charge in [-0.25, -0.2) is 0 Å². The number of pyridine rings is 1. The Balaban J connectivity index is 2.29. The van der Waals surface area contributed by atoms with E-state index < -0.39 is 0 Å². The molecule has 92 valence electrons. The highest BCUT2D eigenvalue weighted by molar-refractivity contribution is 7.16. The topological polar surface area (TPSA) is 12.9 Å². The van der Waals surface area contributed by atoms with E-state index in [9.17, 15) is 0 Å². The molecule has 1 aromatic carbocycles. The first-order valence-electron chi connectivity index (χ1n) is 7.83. The Labute approximate surface area is 122 Å². The number of aromatic nitrogens is 1. The van der Waals surface area contributed by atoms with Gasteiger partial charge in [0.25, 0.3) is 0 Å². The Kier molecular flexibility index (Phi) is 2.39. The van der Waals surface area contributed by atoms with Crippen LogP contribution >= 0.6 is 11.3 Å². The minimum absolute atomic E-state index is 0.126. The van der Waals surface area contributed by atoms with E-state index in [2.05, 4.69) is 4.98 Å². The number of rotatable bonds is 1. The fourth-order valence-corrected chi connectivity index (χ4v) is 2.59. The van der Waals surface area contributed by atoms with Crippen LogP contribution in [0.3, 0.4) is 0 Å². The summed E-state index contributed by atoms with van der Waals surface area (Å²) in [5.74, 6) is 0. The van der Waals surface area contributed by atoms with Gasteiger partial charge in [0.1, 0.15) is 0 Å². The van der Waals surface area contributed by atoms with Gasteiger partial charge in [-0.1, -0.05) is 48.5 Å². The van der Waals surface area contributed by atoms with Gasteiger partial charge in [0.05, 0.1) is 11.2 Å². The van der Waals surface area contributed by atoms with Crippen LogP contribution in [0.15, 0.2) is 78.2 Å². The van der Waals surface area contributed by atoms with Crippen molar-refractivity contribution in [3.8, 4) is 11.3 Å². The normalized spacial score (nSPS) is 13.1. The van der Waals surface area contributed by atoms with Gasteiger partial charge >= 0.3 is 0 Å². The van der Waals surface area contributed by atoms with Crippen LogP contribution in [0.1, 0.15) is 5.48 Å². The predicted octanol–water partition coefficient (Wildman–Crippen LogP) is 5.09. The molecule has 0 atom stereocenters. The van der Waals surface area contributed by atoms with E-state index in [0.29, 0.717) is 5.56 Å². The first-order chi connectivity index (χ1) is 11.1. The molecular formula is C17H13NS. The second kappa shape index (κ2) is 5.63. The van der Waals surface area contributed by atoms with Crippen LogP contribution in [0.2, 0.25) is 0 Å². The van der Waals surface area contributed by atoms with Crippen LogP contribution in [0.5, 0.6) is 0 Å². The molecule has 0 aliphatic rings. The molecule has 2 heterocycles. The van der Waals surface area contributed by atoms with E-state index in [1.807, 2.05) is 47.8 Å². The van der Waals surface area contributed by atoms with Crippen LogP contribution in [0.25, 0.3) is 21.3 Å². The van der Waals surface area contributed by atoms with Gasteiger partial charge in [0.15, 0.2) is 0 Å². The maximum Gasteiger partial charge on any atom is 0.0840 e. The zero-order chi connectivity index (χ0) is 16.4. The van der Waals surface area contributed by atoms with Crippen LogP contribution < -0.4 is 0 Å². The van der Waals surface area contributed by atoms with E-state index >= 15 is 0 Å². The number of hydrogen-bond donors (Lipinski definition) is 0. The number of hydrogen-bond acceptors (Lipinski definition) is 2. The third-order valence-electron chi connectivity index (χ3n) is 2.63. The standard InChI is InChI=1S/C17H13NS/c1-2-9-15(16-10-5-6-12-18-16)13-19-17-11-4-3-8-14(17)7-1/h1-13H/i5D,6D,10D,12D. The molecule has 0 aliphatic carbocycles. The van der Waals surface area contributed by atoms with Gasteiger partial charge in [-0.05, 0) is 23.5 Å². The summed E-state index contributed by atoms with van der Waals surface area (Å²) in [6, 6.07) is 14.8. The summed E-state index contributed by atoms with van der Waals surface area (Å²) in [6.07, 6.45) is -0.281. The van der Waals surface area contributed by atoms with Crippen molar-refractivity contribution in [2.75, 3.05) is 0 Å². The summed E-state index contributed by atoms with van der Waals surface area (Å²) in [5, 5.41) is 2.97. The second-order valence-corrected chi connectivity index (χ2v) is 4.81. The third kappa shape index (κ3) is 2.80. The molecule has 0 unspecified atom stereocenters. The van der Waals surface area contributed by atoms with Crippen molar-refractivity contribution in [2.24, 2.45) is 0 Å².